The monoisotopic (exact) mass is 473 g/mol. The molecule has 0 aromatic carbocycles. The Morgan fingerprint density at radius 3 is 2.62 bits per heavy atom. The average Bonchev–Trinajstić information content (AvgIpc) is 2.93. The van der Waals surface area contributed by atoms with Gasteiger partial charge in [0, 0.05) is 33.7 Å². The Morgan fingerprint density at radius 1 is 1.38 bits per heavy atom. The quantitative estimate of drug-likeness (QED) is 0.229. The summed E-state index contributed by atoms with van der Waals surface area (Å²) in [6.45, 7) is 5.92. The number of hydrogen-bond donors (Lipinski definition) is 2. The second-order valence-electron chi connectivity index (χ2n) is 5.00. The van der Waals surface area contributed by atoms with E-state index >= 15 is 0 Å². The minimum absolute atomic E-state index is 0. The molecule has 9 nitrogen and oxygen atoms in total. The maximum absolute atomic E-state index is 11.6. The third-order valence-corrected chi connectivity index (χ3v) is 5.17. The molecule has 0 bridgehead atoms. The van der Waals surface area contributed by atoms with E-state index in [4.69, 9.17) is 0 Å². The summed E-state index contributed by atoms with van der Waals surface area (Å²) in [5.74, 6) is 1.58. The molecule has 0 saturated carbocycles. The first-order valence-electron chi connectivity index (χ1n) is 7.69. The molecule has 0 radical (unpaired) electrons. The minimum atomic E-state index is -3.11. The zero-order valence-electron chi connectivity index (χ0n) is 14.7. The summed E-state index contributed by atoms with van der Waals surface area (Å²) in [4.78, 5) is 8.56. The fourth-order valence-corrected chi connectivity index (χ4v) is 2.67. The molecule has 140 valence electrons. The first-order chi connectivity index (χ1) is 10.9. The molecule has 1 heterocycles. The normalized spacial score (nSPS) is 12.1. The van der Waals surface area contributed by atoms with E-state index in [1.807, 2.05) is 14.0 Å². The van der Waals surface area contributed by atoms with Gasteiger partial charge in [-0.05, 0) is 20.3 Å². The van der Waals surface area contributed by atoms with Crippen molar-refractivity contribution in [1.29, 1.82) is 0 Å². The van der Waals surface area contributed by atoms with Crippen LogP contribution in [0.2, 0.25) is 0 Å². The van der Waals surface area contributed by atoms with Crippen molar-refractivity contribution in [2.24, 2.45) is 12.0 Å². The number of sulfonamides is 1. The van der Waals surface area contributed by atoms with E-state index in [2.05, 4.69) is 25.7 Å². The highest BCUT2D eigenvalue weighted by atomic mass is 127. The zero-order valence-corrected chi connectivity index (χ0v) is 17.8. The van der Waals surface area contributed by atoms with Crippen molar-refractivity contribution in [3.8, 4) is 0 Å². The number of nitrogens with zero attached hydrogens (tertiary/aromatic N) is 5. The van der Waals surface area contributed by atoms with Gasteiger partial charge in [0.05, 0.1) is 5.75 Å². The van der Waals surface area contributed by atoms with Gasteiger partial charge in [0.15, 0.2) is 5.96 Å². The molecule has 0 unspecified atom stereocenters. The van der Waals surface area contributed by atoms with Crippen LogP contribution in [0.15, 0.2) is 11.3 Å². The van der Waals surface area contributed by atoms with Crippen LogP contribution in [-0.4, -0.2) is 65.9 Å². The van der Waals surface area contributed by atoms with Gasteiger partial charge in [0.25, 0.3) is 0 Å². The Morgan fingerprint density at radius 2 is 2.08 bits per heavy atom. The number of halogens is 1. The van der Waals surface area contributed by atoms with Crippen LogP contribution in [0.25, 0.3) is 0 Å². The predicted molar refractivity (Wildman–Crippen MR) is 106 cm³/mol. The Labute approximate surface area is 161 Å². The molecule has 0 fully saturated rings. The zero-order chi connectivity index (χ0) is 17.3. The van der Waals surface area contributed by atoms with Crippen molar-refractivity contribution in [2.75, 3.05) is 32.4 Å². The van der Waals surface area contributed by atoms with Gasteiger partial charge in [0.2, 0.25) is 10.0 Å². The summed E-state index contributed by atoms with van der Waals surface area (Å²) in [6, 6.07) is 0. The Hall–Kier alpha value is -0.950. The van der Waals surface area contributed by atoms with Crippen LogP contribution < -0.4 is 10.6 Å². The van der Waals surface area contributed by atoms with E-state index in [1.165, 1.54) is 10.6 Å². The van der Waals surface area contributed by atoms with E-state index in [9.17, 15) is 8.42 Å². The number of hydrogen-bond acceptors (Lipinski definition) is 5. The van der Waals surface area contributed by atoms with E-state index in [0.29, 0.717) is 32.0 Å². The Balaban J connectivity index is 0.00000529. The maximum atomic E-state index is 11.6. The molecule has 0 aliphatic heterocycles. The van der Waals surface area contributed by atoms with Crippen molar-refractivity contribution >= 4 is 40.0 Å². The molecule has 1 aromatic heterocycles. The third kappa shape index (κ3) is 7.75. The second-order valence-corrected chi connectivity index (χ2v) is 7.36. The van der Waals surface area contributed by atoms with Gasteiger partial charge in [-0.25, -0.2) is 22.7 Å². The highest BCUT2D eigenvalue weighted by Gasteiger charge is 2.13. The topological polar surface area (TPSA) is 105 Å². The first kappa shape index (κ1) is 23.1. The molecule has 1 rings (SSSR count). The molecule has 0 saturated heterocycles. The summed E-state index contributed by atoms with van der Waals surface area (Å²) < 4.78 is 26.4. The Kier molecular flexibility index (Phi) is 11.1. The van der Waals surface area contributed by atoms with Crippen LogP contribution in [-0.2, 0) is 23.6 Å². The molecule has 24 heavy (non-hydrogen) atoms. The first-order valence-corrected chi connectivity index (χ1v) is 9.30. The predicted octanol–water partition coefficient (Wildman–Crippen LogP) is 0.160. The molecular weight excluding hydrogens is 445 g/mol. The summed E-state index contributed by atoms with van der Waals surface area (Å²) in [5, 5.41) is 10.3. The van der Waals surface area contributed by atoms with Crippen molar-refractivity contribution < 1.29 is 8.42 Å². The fraction of sp³-hybridized carbons (Fsp3) is 0.769. The van der Waals surface area contributed by atoms with Gasteiger partial charge < -0.3 is 10.6 Å². The number of guanidine groups is 1. The molecule has 1 aromatic rings. The summed E-state index contributed by atoms with van der Waals surface area (Å²) in [5.41, 5.74) is 0. The lowest BCUT2D eigenvalue weighted by Crippen LogP contribution is -2.39. The summed E-state index contributed by atoms with van der Waals surface area (Å²) in [7, 11) is 0.313. The fourth-order valence-electron chi connectivity index (χ4n) is 1.82. The second kappa shape index (κ2) is 11.6. The van der Waals surface area contributed by atoms with Crippen LogP contribution in [0.5, 0.6) is 0 Å². The third-order valence-electron chi connectivity index (χ3n) is 3.31. The number of rotatable bonds is 9. The van der Waals surface area contributed by atoms with Gasteiger partial charge in [-0.2, -0.15) is 5.10 Å². The van der Waals surface area contributed by atoms with Gasteiger partial charge in [0.1, 0.15) is 18.7 Å². The van der Waals surface area contributed by atoms with Gasteiger partial charge in [-0.1, -0.05) is 0 Å². The SMILES string of the molecule is CCNC(=NCc1ncnn1C)NCCCN(C)S(=O)(=O)CC.I. The molecule has 0 amide bonds. The molecule has 0 atom stereocenters. The highest BCUT2D eigenvalue weighted by Crippen LogP contribution is 1.98. The lowest BCUT2D eigenvalue weighted by Gasteiger charge is -2.16. The largest absolute Gasteiger partial charge is 0.357 e. The van der Waals surface area contributed by atoms with E-state index < -0.39 is 10.0 Å². The molecule has 0 aliphatic rings. The number of aryl methyl sites for hydroxylation is 1. The molecular formula is C13H28IN7O2S. The van der Waals surface area contributed by atoms with E-state index in [-0.39, 0.29) is 29.7 Å². The van der Waals surface area contributed by atoms with Crippen molar-refractivity contribution in [3.05, 3.63) is 12.2 Å². The summed E-state index contributed by atoms with van der Waals surface area (Å²) >= 11 is 0. The van der Waals surface area contributed by atoms with Crippen LogP contribution in [0.1, 0.15) is 26.1 Å². The smallest absolute Gasteiger partial charge is 0.213 e. The lowest BCUT2D eigenvalue weighted by atomic mass is 10.4. The molecule has 0 spiro atoms. The van der Waals surface area contributed by atoms with Gasteiger partial charge in [-0.15, -0.1) is 24.0 Å². The highest BCUT2D eigenvalue weighted by molar-refractivity contribution is 14.0. The number of aliphatic imine (C=N–C) groups is 1. The molecule has 11 heteroatoms. The van der Waals surface area contributed by atoms with Crippen molar-refractivity contribution in [2.45, 2.75) is 26.8 Å². The average molecular weight is 473 g/mol. The minimum Gasteiger partial charge on any atom is -0.357 e. The molecule has 2 N–H and O–H groups in total. The van der Waals surface area contributed by atoms with E-state index in [0.717, 1.165) is 12.4 Å². The molecule has 0 aliphatic carbocycles. The van der Waals surface area contributed by atoms with Crippen LogP contribution in [0.3, 0.4) is 0 Å². The van der Waals surface area contributed by atoms with Crippen LogP contribution in [0, 0.1) is 0 Å². The van der Waals surface area contributed by atoms with Crippen molar-refractivity contribution in [1.82, 2.24) is 29.7 Å². The van der Waals surface area contributed by atoms with Crippen LogP contribution in [0.4, 0.5) is 0 Å². The standard InChI is InChI=1S/C13H27N7O2S.HI/c1-5-14-13(16-10-12-17-11-18-20(12)4)15-8-7-9-19(3)23(21,22)6-2;/h11H,5-10H2,1-4H3,(H2,14,15,16);1H. The van der Waals surface area contributed by atoms with Gasteiger partial charge >= 0.3 is 0 Å². The van der Waals surface area contributed by atoms with Crippen molar-refractivity contribution in [3.63, 3.8) is 0 Å². The van der Waals surface area contributed by atoms with Gasteiger partial charge in [-0.3, -0.25) is 4.68 Å². The lowest BCUT2D eigenvalue weighted by molar-refractivity contribution is 0.461. The van der Waals surface area contributed by atoms with E-state index in [1.54, 1.807) is 18.7 Å². The van der Waals surface area contributed by atoms with Crippen LogP contribution >= 0.6 is 24.0 Å². The number of aromatic nitrogens is 3. The summed E-state index contributed by atoms with van der Waals surface area (Å²) in [6.07, 6.45) is 2.19. The Bertz CT molecular complexity index is 603. The maximum Gasteiger partial charge on any atom is 0.213 e. The number of nitrogens with one attached hydrogen (secondary N) is 2.